The lowest BCUT2D eigenvalue weighted by atomic mass is 9.97. The summed E-state index contributed by atoms with van der Waals surface area (Å²) in [6, 6.07) is 12.1. The fourth-order valence-corrected chi connectivity index (χ4v) is 4.44. The van der Waals surface area contributed by atoms with Gasteiger partial charge in [-0.15, -0.1) is 5.10 Å². The van der Waals surface area contributed by atoms with Crippen molar-refractivity contribution in [2.24, 2.45) is 0 Å². The van der Waals surface area contributed by atoms with Crippen LogP contribution in [0.2, 0.25) is 0 Å². The first-order valence-corrected chi connectivity index (χ1v) is 11.1. The Bertz CT molecular complexity index is 1110. The second-order valence-corrected chi connectivity index (χ2v) is 8.86. The summed E-state index contributed by atoms with van der Waals surface area (Å²) in [6.45, 7) is 6.41. The van der Waals surface area contributed by atoms with E-state index in [-0.39, 0.29) is 29.3 Å². The summed E-state index contributed by atoms with van der Waals surface area (Å²) in [5.74, 6) is 0.804. The highest BCUT2D eigenvalue weighted by Gasteiger charge is 2.44. The van der Waals surface area contributed by atoms with Crippen LogP contribution in [0.15, 0.2) is 42.6 Å². The number of aryl methyl sites for hydroxylation is 1. The van der Waals surface area contributed by atoms with Gasteiger partial charge in [0.05, 0.1) is 37.7 Å². The van der Waals surface area contributed by atoms with E-state index in [1.807, 2.05) is 31.2 Å². The van der Waals surface area contributed by atoms with Gasteiger partial charge in [0.25, 0.3) is 5.91 Å². The molecule has 8 nitrogen and oxygen atoms in total. The lowest BCUT2D eigenvalue weighted by Gasteiger charge is -2.19. The number of carbonyl (C=O) groups excluding carboxylic acids is 1. The molecule has 0 bridgehead atoms. The molecule has 2 saturated heterocycles. The summed E-state index contributed by atoms with van der Waals surface area (Å²) < 4.78 is 19.0. The molecule has 1 aromatic carbocycles. The van der Waals surface area contributed by atoms with Crippen molar-refractivity contribution in [3.05, 3.63) is 59.5 Å². The molecule has 3 aromatic rings. The van der Waals surface area contributed by atoms with Crippen molar-refractivity contribution in [1.29, 1.82) is 0 Å². The zero-order valence-electron chi connectivity index (χ0n) is 18.4. The van der Waals surface area contributed by atoms with Crippen LogP contribution in [0, 0.1) is 6.92 Å². The second kappa shape index (κ2) is 8.52. The SMILES string of the molecule is Cc1cc(OC[C@H](C)c2ccccc2)cn2nc(C(=O)NC3COC4(CCOC4)C3)nc12. The Morgan fingerprint density at radius 1 is 1.38 bits per heavy atom. The van der Waals surface area contributed by atoms with E-state index in [1.165, 1.54) is 5.56 Å². The Balaban J connectivity index is 1.25. The third kappa shape index (κ3) is 4.20. The minimum absolute atomic E-state index is 0.0599. The number of carbonyl (C=O) groups is 1. The highest BCUT2D eigenvalue weighted by Crippen LogP contribution is 2.33. The summed E-state index contributed by atoms with van der Waals surface area (Å²) in [7, 11) is 0. The molecule has 2 aliphatic heterocycles. The zero-order chi connectivity index (χ0) is 22.1. The van der Waals surface area contributed by atoms with Gasteiger partial charge in [-0.25, -0.2) is 9.50 Å². The third-order valence-electron chi connectivity index (χ3n) is 6.28. The van der Waals surface area contributed by atoms with Gasteiger partial charge < -0.3 is 19.5 Å². The van der Waals surface area contributed by atoms with Crippen molar-refractivity contribution in [3.8, 4) is 5.75 Å². The van der Waals surface area contributed by atoms with E-state index in [0.29, 0.717) is 37.8 Å². The Labute approximate surface area is 186 Å². The molecule has 0 radical (unpaired) electrons. The van der Waals surface area contributed by atoms with Crippen LogP contribution in [0.25, 0.3) is 5.65 Å². The number of pyridine rings is 1. The fraction of sp³-hybridized carbons (Fsp3) is 0.458. The van der Waals surface area contributed by atoms with Crippen LogP contribution in [-0.4, -0.2) is 58.6 Å². The van der Waals surface area contributed by atoms with Gasteiger partial charge in [0.2, 0.25) is 5.82 Å². The molecular weight excluding hydrogens is 408 g/mol. The van der Waals surface area contributed by atoms with Crippen LogP contribution >= 0.6 is 0 Å². The van der Waals surface area contributed by atoms with Crippen molar-refractivity contribution in [1.82, 2.24) is 19.9 Å². The number of amides is 1. The first-order chi connectivity index (χ1) is 15.5. The number of ether oxygens (including phenoxy) is 3. The minimum atomic E-state index is -0.294. The number of fused-ring (bicyclic) bond motifs is 1. The Hall–Kier alpha value is -2.97. The van der Waals surface area contributed by atoms with Crippen molar-refractivity contribution in [2.75, 3.05) is 26.4 Å². The topological polar surface area (TPSA) is 87.0 Å². The number of hydrogen-bond donors (Lipinski definition) is 1. The van der Waals surface area contributed by atoms with Crippen LogP contribution in [0.5, 0.6) is 5.75 Å². The summed E-state index contributed by atoms with van der Waals surface area (Å²) in [5, 5.41) is 7.41. The smallest absolute Gasteiger partial charge is 0.291 e. The lowest BCUT2D eigenvalue weighted by molar-refractivity contribution is -0.00356. The number of nitrogens with zero attached hydrogens (tertiary/aromatic N) is 3. The molecule has 4 heterocycles. The predicted molar refractivity (Wildman–Crippen MR) is 118 cm³/mol. The molecule has 1 spiro atoms. The summed E-state index contributed by atoms with van der Waals surface area (Å²) in [6.07, 6.45) is 3.40. The second-order valence-electron chi connectivity index (χ2n) is 8.86. The van der Waals surface area contributed by atoms with Crippen molar-refractivity contribution in [2.45, 2.75) is 44.2 Å². The van der Waals surface area contributed by atoms with Gasteiger partial charge in [0, 0.05) is 25.4 Å². The molecule has 2 aromatic heterocycles. The van der Waals surface area contributed by atoms with Crippen LogP contribution in [0.1, 0.15) is 47.4 Å². The Morgan fingerprint density at radius 3 is 3.00 bits per heavy atom. The number of nitrogens with one attached hydrogen (secondary N) is 1. The maximum atomic E-state index is 12.8. The maximum Gasteiger partial charge on any atom is 0.291 e. The maximum absolute atomic E-state index is 12.8. The largest absolute Gasteiger partial charge is 0.491 e. The quantitative estimate of drug-likeness (QED) is 0.639. The van der Waals surface area contributed by atoms with E-state index in [4.69, 9.17) is 14.2 Å². The molecule has 8 heteroatoms. The number of hydrogen-bond acceptors (Lipinski definition) is 6. The van der Waals surface area contributed by atoms with Gasteiger partial charge in [0.1, 0.15) is 5.75 Å². The van der Waals surface area contributed by atoms with Crippen LogP contribution in [0.3, 0.4) is 0 Å². The highest BCUT2D eigenvalue weighted by molar-refractivity contribution is 5.91. The number of rotatable bonds is 6. The van der Waals surface area contributed by atoms with E-state index in [2.05, 4.69) is 34.5 Å². The van der Waals surface area contributed by atoms with Crippen molar-refractivity contribution >= 4 is 11.6 Å². The summed E-state index contributed by atoms with van der Waals surface area (Å²) >= 11 is 0. The van der Waals surface area contributed by atoms with Crippen LogP contribution < -0.4 is 10.1 Å². The van der Waals surface area contributed by atoms with Gasteiger partial charge in [-0.2, -0.15) is 0 Å². The van der Waals surface area contributed by atoms with Crippen LogP contribution in [0.4, 0.5) is 0 Å². The average molecular weight is 437 g/mol. The predicted octanol–water partition coefficient (Wildman–Crippen LogP) is 2.90. The molecule has 1 N–H and O–H groups in total. The van der Waals surface area contributed by atoms with E-state index in [9.17, 15) is 4.79 Å². The minimum Gasteiger partial charge on any atom is -0.491 e. The van der Waals surface area contributed by atoms with E-state index in [1.54, 1.807) is 10.7 Å². The van der Waals surface area contributed by atoms with E-state index < -0.39 is 0 Å². The molecule has 5 rings (SSSR count). The number of benzene rings is 1. The standard InChI is InChI=1S/C24H28N4O4/c1-16-10-20(31-13-17(2)18-6-4-3-5-7-18)12-28-22(16)26-21(27-28)23(29)25-19-11-24(32-14-19)8-9-30-15-24/h3-7,10,12,17,19H,8-9,11,13-15H2,1-2H3,(H,25,29)/t17-,19?,24?/m0/s1. The fourth-order valence-electron chi connectivity index (χ4n) is 4.44. The molecule has 32 heavy (non-hydrogen) atoms. The Kier molecular flexibility index (Phi) is 5.57. The van der Waals surface area contributed by atoms with Crippen LogP contribution in [-0.2, 0) is 9.47 Å². The number of aromatic nitrogens is 3. The zero-order valence-corrected chi connectivity index (χ0v) is 18.4. The highest BCUT2D eigenvalue weighted by atomic mass is 16.6. The lowest BCUT2D eigenvalue weighted by Crippen LogP contribution is -2.37. The molecule has 2 unspecified atom stereocenters. The molecule has 3 atom stereocenters. The van der Waals surface area contributed by atoms with Gasteiger partial charge in [-0.1, -0.05) is 37.3 Å². The first-order valence-electron chi connectivity index (χ1n) is 11.1. The first kappa shape index (κ1) is 20.9. The molecule has 168 valence electrons. The Morgan fingerprint density at radius 2 is 2.22 bits per heavy atom. The molecule has 0 aliphatic carbocycles. The van der Waals surface area contributed by atoms with Gasteiger partial charge in [-0.05, 0) is 24.1 Å². The average Bonchev–Trinajstić information content (AvgIpc) is 3.53. The van der Waals surface area contributed by atoms with Gasteiger partial charge in [-0.3, -0.25) is 4.79 Å². The van der Waals surface area contributed by atoms with Crippen molar-refractivity contribution in [3.63, 3.8) is 0 Å². The van der Waals surface area contributed by atoms with Gasteiger partial charge >= 0.3 is 0 Å². The molecule has 2 fully saturated rings. The molecule has 2 aliphatic rings. The molecule has 1 amide bonds. The summed E-state index contributed by atoms with van der Waals surface area (Å²) in [5.41, 5.74) is 2.52. The third-order valence-corrected chi connectivity index (χ3v) is 6.28. The molecule has 0 saturated carbocycles. The summed E-state index contributed by atoms with van der Waals surface area (Å²) in [4.78, 5) is 17.2. The van der Waals surface area contributed by atoms with E-state index >= 15 is 0 Å². The van der Waals surface area contributed by atoms with Gasteiger partial charge in [0.15, 0.2) is 5.65 Å². The molecular formula is C24H28N4O4. The normalized spacial score (nSPS) is 23.6. The van der Waals surface area contributed by atoms with Crippen molar-refractivity contribution < 1.29 is 19.0 Å². The monoisotopic (exact) mass is 436 g/mol. The van der Waals surface area contributed by atoms with E-state index in [0.717, 1.165) is 18.4 Å².